The lowest BCUT2D eigenvalue weighted by Crippen LogP contribution is -2.04. The Morgan fingerprint density at radius 3 is 2.50 bits per heavy atom. The number of benzene rings is 1. The molecule has 98 valence electrons. The second-order valence-corrected chi connectivity index (χ2v) is 4.76. The van der Waals surface area contributed by atoms with Crippen molar-refractivity contribution in [2.24, 2.45) is 0 Å². The summed E-state index contributed by atoms with van der Waals surface area (Å²) in [5.74, 6) is 4.26. The van der Waals surface area contributed by atoms with Crippen LogP contribution in [0, 0.1) is 26.2 Å². The predicted octanol–water partition coefficient (Wildman–Crippen LogP) is 4.61. The van der Waals surface area contributed by atoms with Crippen LogP contribution < -0.4 is 4.74 Å². The minimum atomic E-state index is 0.467. The summed E-state index contributed by atoms with van der Waals surface area (Å²) in [5, 5.41) is 0. The first-order valence-corrected chi connectivity index (χ1v) is 6.82. The molecule has 1 aromatic rings. The zero-order valence-electron chi connectivity index (χ0n) is 12.0. The van der Waals surface area contributed by atoms with E-state index in [9.17, 15) is 0 Å². The molecule has 1 unspecified atom stereocenters. The Morgan fingerprint density at radius 1 is 1.22 bits per heavy atom. The molecule has 0 aromatic heterocycles. The van der Waals surface area contributed by atoms with Gasteiger partial charge in [0, 0.05) is 6.42 Å². The average molecular weight is 244 g/mol. The van der Waals surface area contributed by atoms with Gasteiger partial charge in [-0.15, -0.1) is 12.3 Å². The van der Waals surface area contributed by atoms with Crippen molar-refractivity contribution in [1.29, 1.82) is 0 Å². The Kier molecular flexibility index (Phi) is 5.78. The first kappa shape index (κ1) is 14.6. The van der Waals surface area contributed by atoms with E-state index in [4.69, 9.17) is 11.2 Å². The van der Waals surface area contributed by atoms with E-state index in [2.05, 4.69) is 45.7 Å². The highest BCUT2D eigenvalue weighted by Gasteiger charge is 2.14. The zero-order valence-corrected chi connectivity index (χ0v) is 12.0. The summed E-state index contributed by atoms with van der Waals surface area (Å²) >= 11 is 0. The van der Waals surface area contributed by atoms with E-state index in [1.807, 2.05) is 0 Å². The Morgan fingerprint density at radius 2 is 1.94 bits per heavy atom. The molecule has 0 aliphatic rings. The number of hydrogen-bond acceptors (Lipinski definition) is 1. The van der Waals surface area contributed by atoms with Gasteiger partial charge >= 0.3 is 0 Å². The van der Waals surface area contributed by atoms with Crippen molar-refractivity contribution in [3.05, 3.63) is 28.8 Å². The van der Waals surface area contributed by atoms with Crippen molar-refractivity contribution in [2.45, 2.75) is 52.9 Å². The van der Waals surface area contributed by atoms with E-state index in [0.29, 0.717) is 5.92 Å². The molecule has 18 heavy (non-hydrogen) atoms. The summed E-state index contributed by atoms with van der Waals surface area (Å²) in [5.41, 5.74) is 3.94. The van der Waals surface area contributed by atoms with Crippen LogP contribution in [0.2, 0.25) is 0 Å². The van der Waals surface area contributed by atoms with Gasteiger partial charge in [0.1, 0.15) is 5.75 Å². The maximum absolute atomic E-state index is 5.75. The predicted molar refractivity (Wildman–Crippen MR) is 78.2 cm³/mol. The molecule has 0 aliphatic heterocycles. The standard InChI is InChI=1S/C17H24O/c1-6-9-15(8-3)16-10-11-17(18-12-7-2)14(5)13(16)4/h1,10-11,15H,7-9,12H2,2-5H3. The van der Waals surface area contributed by atoms with Gasteiger partial charge in [-0.05, 0) is 55.4 Å². The maximum atomic E-state index is 5.75. The van der Waals surface area contributed by atoms with Crippen molar-refractivity contribution in [3.63, 3.8) is 0 Å². The third-order valence-electron chi connectivity index (χ3n) is 3.54. The SMILES string of the molecule is C#CCC(CC)c1ccc(OCCC)c(C)c1C. The molecule has 1 rings (SSSR count). The molecule has 1 nitrogen and oxygen atoms in total. The van der Waals surface area contributed by atoms with Crippen molar-refractivity contribution in [2.75, 3.05) is 6.61 Å². The Hall–Kier alpha value is -1.42. The summed E-state index contributed by atoms with van der Waals surface area (Å²) in [6, 6.07) is 4.27. The minimum absolute atomic E-state index is 0.467. The van der Waals surface area contributed by atoms with E-state index in [-0.39, 0.29) is 0 Å². The molecule has 0 saturated carbocycles. The van der Waals surface area contributed by atoms with Crippen LogP contribution in [0.4, 0.5) is 0 Å². The quantitative estimate of drug-likeness (QED) is 0.664. The van der Waals surface area contributed by atoms with E-state index in [1.54, 1.807) is 0 Å². The van der Waals surface area contributed by atoms with E-state index >= 15 is 0 Å². The van der Waals surface area contributed by atoms with Gasteiger partial charge in [0.15, 0.2) is 0 Å². The molecule has 0 N–H and O–H groups in total. The molecule has 0 aliphatic carbocycles. The first-order valence-electron chi connectivity index (χ1n) is 6.82. The largest absolute Gasteiger partial charge is 0.493 e. The van der Waals surface area contributed by atoms with Gasteiger partial charge in [-0.2, -0.15) is 0 Å². The molecule has 0 fully saturated rings. The van der Waals surface area contributed by atoms with E-state index < -0.39 is 0 Å². The highest BCUT2D eigenvalue weighted by Crippen LogP contribution is 2.32. The molecule has 0 bridgehead atoms. The lowest BCUT2D eigenvalue weighted by atomic mass is 9.88. The van der Waals surface area contributed by atoms with Crippen LogP contribution >= 0.6 is 0 Å². The van der Waals surface area contributed by atoms with Crippen LogP contribution in [0.3, 0.4) is 0 Å². The second kappa shape index (κ2) is 7.11. The fourth-order valence-electron chi connectivity index (χ4n) is 2.24. The van der Waals surface area contributed by atoms with Crippen molar-refractivity contribution in [3.8, 4) is 18.1 Å². The van der Waals surface area contributed by atoms with Crippen LogP contribution in [0.5, 0.6) is 5.75 Å². The summed E-state index contributed by atoms with van der Waals surface area (Å²) in [6.45, 7) is 9.39. The van der Waals surface area contributed by atoms with Gasteiger partial charge < -0.3 is 4.74 Å². The summed E-state index contributed by atoms with van der Waals surface area (Å²) in [4.78, 5) is 0. The normalized spacial score (nSPS) is 11.9. The van der Waals surface area contributed by atoms with Gasteiger partial charge in [0.25, 0.3) is 0 Å². The smallest absolute Gasteiger partial charge is 0.122 e. The molecule has 1 heteroatoms. The Balaban J connectivity index is 3.03. The Bertz CT molecular complexity index is 426. The number of terminal acetylenes is 1. The van der Waals surface area contributed by atoms with Crippen LogP contribution in [-0.4, -0.2) is 6.61 Å². The Labute approximate surface area is 112 Å². The average Bonchev–Trinajstić information content (AvgIpc) is 2.38. The lowest BCUT2D eigenvalue weighted by molar-refractivity contribution is 0.315. The molecule has 0 amide bonds. The molecule has 0 heterocycles. The third-order valence-corrected chi connectivity index (χ3v) is 3.54. The van der Waals surface area contributed by atoms with Crippen molar-refractivity contribution >= 4 is 0 Å². The van der Waals surface area contributed by atoms with E-state index in [0.717, 1.165) is 31.6 Å². The third kappa shape index (κ3) is 3.29. The van der Waals surface area contributed by atoms with Crippen LogP contribution in [0.15, 0.2) is 12.1 Å². The number of rotatable bonds is 6. The van der Waals surface area contributed by atoms with Gasteiger partial charge in [0.05, 0.1) is 6.61 Å². The molecule has 1 aromatic carbocycles. The molecule has 0 radical (unpaired) electrons. The summed E-state index contributed by atoms with van der Waals surface area (Å²) < 4.78 is 5.75. The molecule has 0 saturated heterocycles. The molecule has 1 atom stereocenters. The van der Waals surface area contributed by atoms with Crippen molar-refractivity contribution < 1.29 is 4.74 Å². The maximum Gasteiger partial charge on any atom is 0.122 e. The van der Waals surface area contributed by atoms with E-state index in [1.165, 1.54) is 16.7 Å². The van der Waals surface area contributed by atoms with Gasteiger partial charge in [-0.25, -0.2) is 0 Å². The fourth-order valence-corrected chi connectivity index (χ4v) is 2.24. The molecule has 0 spiro atoms. The van der Waals surface area contributed by atoms with Crippen LogP contribution in [0.1, 0.15) is 55.7 Å². The van der Waals surface area contributed by atoms with Gasteiger partial charge in [0.2, 0.25) is 0 Å². The summed E-state index contributed by atoms with van der Waals surface area (Å²) in [6.07, 6.45) is 8.38. The highest BCUT2D eigenvalue weighted by molar-refractivity contribution is 5.45. The second-order valence-electron chi connectivity index (χ2n) is 4.76. The minimum Gasteiger partial charge on any atom is -0.493 e. The monoisotopic (exact) mass is 244 g/mol. The van der Waals surface area contributed by atoms with Crippen LogP contribution in [-0.2, 0) is 0 Å². The van der Waals surface area contributed by atoms with Crippen LogP contribution in [0.25, 0.3) is 0 Å². The topological polar surface area (TPSA) is 9.23 Å². The van der Waals surface area contributed by atoms with Gasteiger partial charge in [-0.3, -0.25) is 0 Å². The number of hydrogen-bond donors (Lipinski definition) is 0. The van der Waals surface area contributed by atoms with Gasteiger partial charge in [-0.1, -0.05) is 19.9 Å². The zero-order chi connectivity index (χ0) is 13.5. The van der Waals surface area contributed by atoms with Crippen molar-refractivity contribution in [1.82, 2.24) is 0 Å². The molecular formula is C17H24O. The fraction of sp³-hybridized carbons (Fsp3) is 0.529. The number of ether oxygens (including phenoxy) is 1. The molecular weight excluding hydrogens is 220 g/mol. The lowest BCUT2D eigenvalue weighted by Gasteiger charge is -2.19. The first-order chi connectivity index (χ1) is 8.65. The highest BCUT2D eigenvalue weighted by atomic mass is 16.5. The summed E-state index contributed by atoms with van der Waals surface area (Å²) in [7, 11) is 0.